The summed E-state index contributed by atoms with van der Waals surface area (Å²) >= 11 is 1.47. The highest BCUT2D eigenvalue weighted by Crippen LogP contribution is 2.33. The molecule has 2 amide bonds. The normalized spacial score (nSPS) is 21.0. The molecule has 0 radical (unpaired) electrons. The van der Waals surface area contributed by atoms with Crippen molar-refractivity contribution in [1.29, 1.82) is 0 Å². The lowest BCUT2D eigenvalue weighted by Gasteiger charge is -2.39. The lowest BCUT2D eigenvalue weighted by atomic mass is 9.94. The van der Waals surface area contributed by atoms with Crippen LogP contribution in [0.25, 0.3) is 0 Å². The number of nitrogens with one attached hydrogen (secondary N) is 1. The molecule has 6 heteroatoms. The maximum atomic E-state index is 13.2. The number of likely N-dealkylation sites (N-methyl/N-ethyl adjacent to an activating group) is 1. The van der Waals surface area contributed by atoms with E-state index in [4.69, 9.17) is 0 Å². The van der Waals surface area contributed by atoms with Gasteiger partial charge in [-0.25, -0.2) is 0 Å². The van der Waals surface area contributed by atoms with E-state index in [2.05, 4.69) is 24.2 Å². The number of amides is 2. The fourth-order valence-corrected chi connectivity index (χ4v) is 4.66. The Morgan fingerprint density at radius 2 is 1.88 bits per heavy atom. The largest absolute Gasteiger partial charge is 0.338 e. The van der Waals surface area contributed by atoms with Crippen molar-refractivity contribution in [3.05, 3.63) is 21.9 Å². The minimum Gasteiger partial charge on any atom is -0.338 e. The van der Waals surface area contributed by atoms with Crippen LogP contribution in [0.4, 0.5) is 0 Å². The third kappa shape index (κ3) is 3.35. The van der Waals surface area contributed by atoms with Crippen LogP contribution < -0.4 is 5.32 Å². The van der Waals surface area contributed by atoms with Crippen LogP contribution in [-0.2, 0) is 11.2 Å². The predicted molar refractivity (Wildman–Crippen MR) is 96.4 cm³/mol. The maximum absolute atomic E-state index is 13.2. The number of hydrogen-bond donors (Lipinski definition) is 1. The molecule has 0 bridgehead atoms. The van der Waals surface area contributed by atoms with Gasteiger partial charge in [-0.05, 0) is 43.3 Å². The smallest absolute Gasteiger partial charge is 0.262 e. The number of carbonyl (C=O) groups is 2. The Bertz CT molecular complexity index is 599. The van der Waals surface area contributed by atoms with E-state index in [1.165, 1.54) is 11.3 Å². The minimum absolute atomic E-state index is 0.0776. The maximum Gasteiger partial charge on any atom is 0.262 e. The van der Waals surface area contributed by atoms with Gasteiger partial charge in [-0.2, -0.15) is 0 Å². The minimum atomic E-state index is -0.692. The van der Waals surface area contributed by atoms with Crippen molar-refractivity contribution in [3.8, 4) is 0 Å². The van der Waals surface area contributed by atoms with Gasteiger partial charge in [-0.1, -0.05) is 19.8 Å². The molecule has 0 aromatic carbocycles. The van der Waals surface area contributed by atoms with Crippen LogP contribution >= 0.6 is 11.3 Å². The van der Waals surface area contributed by atoms with Gasteiger partial charge in [0.25, 0.3) is 5.91 Å². The van der Waals surface area contributed by atoms with E-state index in [1.807, 2.05) is 16.3 Å². The Balaban J connectivity index is 1.76. The first kappa shape index (κ1) is 17.4. The second-order valence-electron chi connectivity index (χ2n) is 6.97. The Kier molecular flexibility index (Phi) is 5.25. The van der Waals surface area contributed by atoms with Crippen LogP contribution in [-0.4, -0.2) is 60.4 Å². The average molecular weight is 350 g/mol. The van der Waals surface area contributed by atoms with Gasteiger partial charge in [0, 0.05) is 26.2 Å². The van der Waals surface area contributed by atoms with E-state index >= 15 is 0 Å². The van der Waals surface area contributed by atoms with Crippen molar-refractivity contribution in [1.82, 2.24) is 15.1 Å². The topological polar surface area (TPSA) is 52.7 Å². The van der Waals surface area contributed by atoms with E-state index in [0.29, 0.717) is 0 Å². The average Bonchev–Trinajstić information content (AvgIpc) is 3.24. The van der Waals surface area contributed by atoms with Crippen LogP contribution in [0.15, 0.2) is 11.4 Å². The first-order valence-electron chi connectivity index (χ1n) is 8.92. The molecule has 0 unspecified atom stereocenters. The fourth-order valence-electron chi connectivity index (χ4n) is 3.77. The van der Waals surface area contributed by atoms with E-state index in [-0.39, 0.29) is 11.8 Å². The second-order valence-corrected chi connectivity index (χ2v) is 7.88. The summed E-state index contributed by atoms with van der Waals surface area (Å²) in [7, 11) is 2.08. The molecule has 1 saturated carbocycles. The Labute approximate surface area is 148 Å². The molecule has 2 fully saturated rings. The zero-order valence-corrected chi connectivity index (χ0v) is 15.5. The van der Waals surface area contributed by atoms with Crippen LogP contribution in [0.5, 0.6) is 0 Å². The van der Waals surface area contributed by atoms with E-state index in [1.54, 1.807) is 0 Å². The molecule has 1 aliphatic heterocycles. The van der Waals surface area contributed by atoms with Gasteiger partial charge >= 0.3 is 0 Å². The quantitative estimate of drug-likeness (QED) is 0.906. The van der Waals surface area contributed by atoms with Crippen LogP contribution in [0.1, 0.15) is 47.8 Å². The molecule has 0 spiro atoms. The van der Waals surface area contributed by atoms with E-state index in [0.717, 1.165) is 68.7 Å². The van der Waals surface area contributed by atoms with Crippen molar-refractivity contribution in [2.24, 2.45) is 0 Å². The number of rotatable bonds is 4. The molecule has 5 nitrogen and oxygen atoms in total. The predicted octanol–water partition coefficient (Wildman–Crippen LogP) is 2.13. The van der Waals surface area contributed by atoms with Crippen molar-refractivity contribution in [3.63, 3.8) is 0 Å². The molecule has 1 aromatic rings. The highest BCUT2D eigenvalue weighted by atomic mass is 32.1. The summed E-state index contributed by atoms with van der Waals surface area (Å²) in [6, 6.07) is 2.00. The van der Waals surface area contributed by atoms with Crippen molar-refractivity contribution in [2.45, 2.75) is 44.6 Å². The first-order chi connectivity index (χ1) is 11.6. The van der Waals surface area contributed by atoms with Crippen molar-refractivity contribution in [2.75, 3.05) is 33.2 Å². The van der Waals surface area contributed by atoms with Gasteiger partial charge in [0.1, 0.15) is 5.54 Å². The summed E-state index contributed by atoms with van der Waals surface area (Å²) in [5.41, 5.74) is 0.375. The summed E-state index contributed by atoms with van der Waals surface area (Å²) in [6.45, 7) is 5.37. The lowest BCUT2D eigenvalue weighted by Crippen LogP contribution is -2.61. The molecule has 0 atom stereocenters. The third-order valence-corrected chi connectivity index (χ3v) is 6.30. The number of carbonyl (C=O) groups excluding carboxylic acids is 2. The molecule has 24 heavy (non-hydrogen) atoms. The number of thiophene rings is 1. The zero-order valence-electron chi connectivity index (χ0n) is 14.6. The first-order valence-corrected chi connectivity index (χ1v) is 9.80. The third-order valence-electron chi connectivity index (χ3n) is 5.34. The van der Waals surface area contributed by atoms with E-state index in [9.17, 15) is 9.59 Å². The molecule has 1 saturated heterocycles. The summed E-state index contributed by atoms with van der Waals surface area (Å²) in [5.74, 6) is 0.0438. The highest BCUT2D eigenvalue weighted by molar-refractivity contribution is 7.12. The number of nitrogens with zero attached hydrogens (tertiary/aromatic N) is 2. The van der Waals surface area contributed by atoms with Crippen molar-refractivity contribution >= 4 is 23.2 Å². The molecular weight excluding hydrogens is 322 g/mol. The van der Waals surface area contributed by atoms with Gasteiger partial charge in [0.2, 0.25) is 5.91 Å². The summed E-state index contributed by atoms with van der Waals surface area (Å²) < 4.78 is 0. The van der Waals surface area contributed by atoms with Crippen LogP contribution in [0.3, 0.4) is 0 Å². The standard InChI is InChI=1S/C18H27N3O2S/c1-3-14-6-13-24-15(14)16(22)19-18(7-4-5-8-18)17(23)21-11-9-20(2)10-12-21/h6,13H,3-5,7-12H2,1-2H3,(H,19,22). The van der Waals surface area contributed by atoms with Gasteiger partial charge < -0.3 is 15.1 Å². The molecule has 1 aliphatic carbocycles. The molecule has 2 aliphatic rings. The summed E-state index contributed by atoms with van der Waals surface area (Å²) in [6.07, 6.45) is 4.37. The monoisotopic (exact) mass is 349 g/mol. The molecule has 3 rings (SSSR count). The molecule has 1 aromatic heterocycles. The number of hydrogen-bond acceptors (Lipinski definition) is 4. The fraction of sp³-hybridized carbons (Fsp3) is 0.667. The SMILES string of the molecule is CCc1ccsc1C(=O)NC1(C(=O)N2CCN(C)CC2)CCCC1. The summed E-state index contributed by atoms with van der Waals surface area (Å²) in [5, 5.41) is 5.10. The Morgan fingerprint density at radius 3 is 2.50 bits per heavy atom. The van der Waals surface area contributed by atoms with Crippen molar-refractivity contribution < 1.29 is 9.59 Å². The molecular formula is C18H27N3O2S. The zero-order chi connectivity index (χ0) is 17.2. The molecule has 2 heterocycles. The van der Waals surface area contributed by atoms with Crippen LogP contribution in [0.2, 0.25) is 0 Å². The highest BCUT2D eigenvalue weighted by Gasteiger charge is 2.45. The van der Waals surface area contributed by atoms with Gasteiger partial charge in [-0.3, -0.25) is 9.59 Å². The second kappa shape index (κ2) is 7.23. The Hall–Kier alpha value is -1.40. The number of aryl methyl sites for hydroxylation is 1. The van der Waals surface area contributed by atoms with Crippen LogP contribution in [0, 0.1) is 0 Å². The Morgan fingerprint density at radius 1 is 1.21 bits per heavy atom. The molecule has 132 valence electrons. The van der Waals surface area contributed by atoms with Gasteiger partial charge in [0.05, 0.1) is 4.88 Å². The van der Waals surface area contributed by atoms with Gasteiger partial charge in [-0.15, -0.1) is 11.3 Å². The van der Waals surface area contributed by atoms with Gasteiger partial charge in [0.15, 0.2) is 0 Å². The number of piperazine rings is 1. The van der Waals surface area contributed by atoms with E-state index < -0.39 is 5.54 Å². The lowest BCUT2D eigenvalue weighted by molar-refractivity contribution is -0.139. The summed E-state index contributed by atoms with van der Waals surface area (Å²) in [4.78, 5) is 30.9. The molecule has 1 N–H and O–H groups in total.